The lowest BCUT2D eigenvalue weighted by Crippen LogP contribution is -2.34. The van der Waals surface area contributed by atoms with Crippen LogP contribution in [0.15, 0.2) is 47.1 Å². The molecule has 122 valence electrons. The lowest BCUT2D eigenvalue weighted by Gasteiger charge is -2.13. The third-order valence-electron chi connectivity index (χ3n) is 3.65. The van der Waals surface area contributed by atoms with Crippen LogP contribution in [0.25, 0.3) is 0 Å². The fourth-order valence-corrected chi connectivity index (χ4v) is 2.42. The van der Waals surface area contributed by atoms with Gasteiger partial charge in [0.25, 0.3) is 5.91 Å². The standard InChI is InChI=1S/C18H21NO4/c1-2-6-16-15(9-10-23-16)17(20)19-12-14(18(21)22)11-13-7-4-3-5-8-13/h3-5,7-10,14H,2,6,11-12H2,1H3,(H,19,20)(H,21,22). The topological polar surface area (TPSA) is 79.5 Å². The molecule has 0 bridgehead atoms. The van der Waals surface area contributed by atoms with Crippen molar-refractivity contribution in [1.82, 2.24) is 5.32 Å². The maximum absolute atomic E-state index is 12.2. The van der Waals surface area contributed by atoms with Gasteiger partial charge >= 0.3 is 5.97 Å². The van der Waals surface area contributed by atoms with Crippen molar-refractivity contribution >= 4 is 11.9 Å². The number of rotatable bonds is 8. The molecule has 23 heavy (non-hydrogen) atoms. The van der Waals surface area contributed by atoms with E-state index in [4.69, 9.17) is 4.42 Å². The van der Waals surface area contributed by atoms with Crippen LogP contribution in [0.3, 0.4) is 0 Å². The lowest BCUT2D eigenvalue weighted by molar-refractivity contribution is -0.141. The molecule has 2 aromatic rings. The largest absolute Gasteiger partial charge is 0.481 e. The maximum Gasteiger partial charge on any atom is 0.308 e. The number of carboxylic acid groups (broad SMARTS) is 1. The van der Waals surface area contributed by atoms with E-state index in [1.807, 2.05) is 37.3 Å². The molecule has 1 aromatic carbocycles. The summed E-state index contributed by atoms with van der Waals surface area (Å²) in [6.45, 7) is 2.09. The minimum absolute atomic E-state index is 0.0831. The number of aliphatic carboxylic acids is 1. The summed E-state index contributed by atoms with van der Waals surface area (Å²) in [5.74, 6) is -1.24. The van der Waals surface area contributed by atoms with Crippen LogP contribution in [0.5, 0.6) is 0 Å². The second-order valence-corrected chi connectivity index (χ2v) is 5.44. The molecule has 1 heterocycles. The van der Waals surface area contributed by atoms with Crippen LogP contribution in [0.1, 0.15) is 35.0 Å². The van der Waals surface area contributed by atoms with Crippen molar-refractivity contribution in [3.8, 4) is 0 Å². The molecule has 2 N–H and O–H groups in total. The smallest absolute Gasteiger partial charge is 0.308 e. The predicted molar refractivity (Wildman–Crippen MR) is 86.3 cm³/mol. The first kappa shape index (κ1) is 16.8. The average Bonchev–Trinajstić information content (AvgIpc) is 3.00. The first-order valence-electron chi connectivity index (χ1n) is 7.73. The van der Waals surface area contributed by atoms with E-state index >= 15 is 0 Å². The van der Waals surface area contributed by atoms with Crippen molar-refractivity contribution in [1.29, 1.82) is 0 Å². The van der Waals surface area contributed by atoms with E-state index in [0.29, 0.717) is 24.2 Å². The van der Waals surface area contributed by atoms with Gasteiger partial charge in [-0.2, -0.15) is 0 Å². The molecule has 2 rings (SSSR count). The second-order valence-electron chi connectivity index (χ2n) is 5.44. The van der Waals surface area contributed by atoms with Crippen LogP contribution in [0.4, 0.5) is 0 Å². The Morgan fingerprint density at radius 2 is 1.96 bits per heavy atom. The number of aryl methyl sites for hydroxylation is 1. The normalized spacial score (nSPS) is 11.9. The summed E-state index contributed by atoms with van der Waals surface area (Å²) in [6.07, 6.45) is 3.42. The third-order valence-corrected chi connectivity index (χ3v) is 3.65. The summed E-state index contributed by atoms with van der Waals surface area (Å²) in [7, 11) is 0. The number of hydrogen-bond donors (Lipinski definition) is 2. The summed E-state index contributed by atoms with van der Waals surface area (Å²) < 4.78 is 5.30. The Morgan fingerprint density at radius 3 is 2.61 bits per heavy atom. The fourth-order valence-electron chi connectivity index (χ4n) is 2.42. The van der Waals surface area contributed by atoms with Crippen molar-refractivity contribution < 1.29 is 19.1 Å². The molecule has 0 saturated carbocycles. The van der Waals surface area contributed by atoms with Crippen LogP contribution in [-0.4, -0.2) is 23.5 Å². The Kier molecular flexibility index (Phi) is 5.97. The van der Waals surface area contributed by atoms with Gasteiger partial charge in [-0.25, -0.2) is 0 Å². The summed E-state index contributed by atoms with van der Waals surface area (Å²) in [5.41, 5.74) is 1.42. The van der Waals surface area contributed by atoms with Gasteiger partial charge in [-0.05, 0) is 24.5 Å². The Hall–Kier alpha value is -2.56. The van der Waals surface area contributed by atoms with Crippen LogP contribution in [0, 0.1) is 5.92 Å². The molecule has 5 nitrogen and oxygen atoms in total. The van der Waals surface area contributed by atoms with Crippen molar-refractivity contribution in [2.24, 2.45) is 5.92 Å². The molecule has 0 aliphatic rings. The van der Waals surface area contributed by atoms with Crippen LogP contribution >= 0.6 is 0 Å². The van der Waals surface area contributed by atoms with Crippen molar-refractivity contribution in [2.75, 3.05) is 6.54 Å². The number of hydrogen-bond acceptors (Lipinski definition) is 3. The molecule has 0 radical (unpaired) electrons. The summed E-state index contributed by atoms with van der Waals surface area (Å²) in [6, 6.07) is 11.0. The van der Waals surface area contributed by atoms with E-state index in [1.165, 1.54) is 6.26 Å². The Labute approximate surface area is 135 Å². The zero-order valence-electron chi connectivity index (χ0n) is 13.1. The van der Waals surface area contributed by atoms with Gasteiger partial charge in [0.15, 0.2) is 0 Å². The zero-order chi connectivity index (χ0) is 16.7. The first-order chi connectivity index (χ1) is 11.1. The number of furan rings is 1. The molecule has 0 fully saturated rings. The second kappa shape index (κ2) is 8.17. The minimum Gasteiger partial charge on any atom is -0.481 e. The Balaban J connectivity index is 1.97. The molecule has 0 spiro atoms. The van der Waals surface area contributed by atoms with Gasteiger partial charge in [0, 0.05) is 13.0 Å². The summed E-state index contributed by atoms with van der Waals surface area (Å²) >= 11 is 0. The summed E-state index contributed by atoms with van der Waals surface area (Å²) in [4.78, 5) is 23.6. The van der Waals surface area contributed by atoms with Crippen LogP contribution in [0.2, 0.25) is 0 Å². The average molecular weight is 315 g/mol. The van der Waals surface area contributed by atoms with Crippen molar-refractivity contribution in [2.45, 2.75) is 26.2 Å². The molecule has 5 heteroatoms. The highest BCUT2D eigenvalue weighted by Gasteiger charge is 2.21. The highest BCUT2D eigenvalue weighted by molar-refractivity contribution is 5.95. The van der Waals surface area contributed by atoms with Gasteiger partial charge < -0.3 is 14.8 Å². The van der Waals surface area contributed by atoms with Gasteiger partial charge in [-0.3, -0.25) is 9.59 Å². The highest BCUT2D eigenvalue weighted by atomic mass is 16.4. The van der Waals surface area contributed by atoms with Crippen LogP contribution in [-0.2, 0) is 17.6 Å². The summed E-state index contributed by atoms with van der Waals surface area (Å²) in [5, 5.41) is 12.1. The molecule has 0 saturated heterocycles. The van der Waals surface area contributed by atoms with Gasteiger partial charge in [0.2, 0.25) is 0 Å². The molecule has 1 amide bonds. The van der Waals surface area contributed by atoms with Crippen LogP contribution < -0.4 is 5.32 Å². The minimum atomic E-state index is -0.921. The Bertz CT molecular complexity index is 648. The quantitative estimate of drug-likeness (QED) is 0.785. The van der Waals surface area contributed by atoms with Gasteiger partial charge in [-0.15, -0.1) is 0 Å². The highest BCUT2D eigenvalue weighted by Crippen LogP contribution is 2.13. The number of carbonyl (C=O) groups is 2. The maximum atomic E-state index is 12.2. The van der Waals surface area contributed by atoms with Gasteiger partial charge in [0.05, 0.1) is 17.7 Å². The van der Waals surface area contributed by atoms with E-state index in [0.717, 1.165) is 12.0 Å². The van der Waals surface area contributed by atoms with E-state index in [9.17, 15) is 14.7 Å². The monoisotopic (exact) mass is 315 g/mol. The number of nitrogens with one attached hydrogen (secondary N) is 1. The van der Waals surface area contributed by atoms with E-state index in [2.05, 4.69) is 5.32 Å². The van der Waals surface area contributed by atoms with E-state index < -0.39 is 11.9 Å². The third kappa shape index (κ3) is 4.71. The number of benzene rings is 1. The fraction of sp³-hybridized carbons (Fsp3) is 0.333. The molecule has 1 atom stereocenters. The zero-order valence-corrected chi connectivity index (χ0v) is 13.1. The van der Waals surface area contributed by atoms with Crippen molar-refractivity contribution in [3.05, 3.63) is 59.5 Å². The molecule has 0 aliphatic carbocycles. The number of amides is 1. The molecule has 1 unspecified atom stereocenters. The molecular weight excluding hydrogens is 294 g/mol. The lowest BCUT2D eigenvalue weighted by atomic mass is 9.99. The Morgan fingerprint density at radius 1 is 1.22 bits per heavy atom. The predicted octanol–water partition coefficient (Wildman–Crippen LogP) is 2.91. The number of carboxylic acids is 1. The molecular formula is C18H21NO4. The van der Waals surface area contributed by atoms with Crippen molar-refractivity contribution in [3.63, 3.8) is 0 Å². The first-order valence-corrected chi connectivity index (χ1v) is 7.73. The SMILES string of the molecule is CCCc1occc1C(=O)NCC(Cc1ccccc1)C(=O)O. The van der Waals surface area contributed by atoms with Gasteiger partial charge in [-0.1, -0.05) is 37.3 Å². The van der Waals surface area contributed by atoms with E-state index in [1.54, 1.807) is 6.07 Å². The molecule has 1 aromatic heterocycles. The van der Waals surface area contributed by atoms with Gasteiger partial charge in [0.1, 0.15) is 5.76 Å². The molecule has 0 aliphatic heterocycles. The van der Waals surface area contributed by atoms with E-state index in [-0.39, 0.29) is 12.5 Å². The number of carbonyl (C=O) groups excluding carboxylic acids is 1.